The monoisotopic (exact) mass is 394 g/mol. The van der Waals surface area contributed by atoms with Gasteiger partial charge in [-0.2, -0.15) is 0 Å². The highest BCUT2D eigenvalue weighted by atomic mass is 32.1. The van der Waals surface area contributed by atoms with Crippen LogP contribution in [0, 0.1) is 20.8 Å². The number of aryl methyl sites for hydroxylation is 3. The minimum Gasteiger partial charge on any atom is -0.376 e. The van der Waals surface area contributed by atoms with E-state index in [2.05, 4.69) is 51.1 Å². The van der Waals surface area contributed by atoms with Gasteiger partial charge in [0.2, 0.25) is 5.91 Å². The van der Waals surface area contributed by atoms with E-state index in [1.54, 1.807) is 11.3 Å². The van der Waals surface area contributed by atoms with Crippen molar-refractivity contribution in [3.8, 4) is 0 Å². The summed E-state index contributed by atoms with van der Waals surface area (Å²) in [5.74, 6) is 0.0842. The lowest BCUT2D eigenvalue weighted by Gasteiger charge is -2.23. The van der Waals surface area contributed by atoms with Gasteiger partial charge < -0.3 is 4.74 Å². The number of fused-ring (bicyclic) bond motifs is 1. The molecule has 0 N–H and O–H groups in total. The Morgan fingerprint density at radius 2 is 2.07 bits per heavy atom. The maximum Gasteiger partial charge on any atom is 0.233 e. The van der Waals surface area contributed by atoms with Crippen LogP contribution in [0.3, 0.4) is 0 Å². The van der Waals surface area contributed by atoms with Gasteiger partial charge in [-0.25, -0.2) is 4.98 Å². The number of carbonyl (C=O) groups is 1. The van der Waals surface area contributed by atoms with E-state index < -0.39 is 0 Å². The molecule has 1 amide bonds. The van der Waals surface area contributed by atoms with Crippen LogP contribution in [-0.2, 0) is 16.0 Å². The molecule has 1 aromatic heterocycles. The SMILES string of the molecule is Cc1ccc(C)c(CC(=O)N(CC2CCCO2)c2nc3c(C)cccc3s2)c1. The first kappa shape index (κ1) is 19.1. The fraction of sp³-hybridized carbons (Fsp3) is 0.391. The summed E-state index contributed by atoms with van der Waals surface area (Å²) in [5.41, 5.74) is 5.53. The number of ether oxygens (including phenoxy) is 1. The topological polar surface area (TPSA) is 42.4 Å². The molecule has 2 aromatic carbocycles. The zero-order chi connectivity index (χ0) is 19.7. The van der Waals surface area contributed by atoms with Crippen molar-refractivity contribution in [3.05, 3.63) is 58.7 Å². The molecule has 0 saturated carbocycles. The lowest BCUT2D eigenvalue weighted by Crippen LogP contribution is -2.38. The molecule has 1 atom stereocenters. The summed E-state index contributed by atoms with van der Waals surface area (Å²) in [7, 11) is 0. The Hall–Kier alpha value is -2.24. The van der Waals surface area contributed by atoms with E-state index in [0.717, 1.165) is 51.5 Å². The van der Waals surface area contributed by atoms with Gasteiger partial charge in [0.05, 0.1) is 29.3 Å². The molecule has 1 saturated heterocycles. The van der Waals surface area contributed by atoms with Crippen LogP contribution < -0.4 is 4.90 Å². The highest BCUT2D eigenvalue weighted by molar-refractivity contribution is 7.22. The normalized spacial score (nSPS) is 16.6. The molecule has 1 aliphatic heterocycles. The first-order valence-electron chi connectivity index (χ1n) is 9.85. The van der Waals surface area contributed by atoms with Crippen LogP contribution in [0.1, 0.15) is 35.1 Å². The molecule has 0 bridgehead atoms. The smallest absolute Gasteiger partial charge is 0.233 e. The summed E-state index contributed by atoms with van der Waals surface area (Å²) in [6.45, 7) is 7.54. The molecular formula is C23H26N2O2S. The van der Waals surface area contributed by atoms with Crippen LogP contribution in [0.4, 0.5) is 5.13 Å². The van der Waals surface area contributed by atoms with Crippen molar-refractivity contribution in [3.63, 3.8) is 0 Å². The van der Waals surface area contributed by atoms with Gasteiger partial charge in [-0.05, 0) is 56.4 Å². The van der Waals surface area contributed by atoms with Crippen molar-refractivity contribution in [2.45, 2.75) is 46.1 Å². The highest BCUT2D eigenvalue weighted by Gasteiger charge is 2.26. The fourth-order valence-corrected chi connectivity index (χ4v) is 4.79. The van der Waals surface area contributed by atoms with Crippen LogP contribution in [0.15, 0.2) is 36.4 Å². The Kier molecular flexibility index (Phi) is 5.47. The number of para-hydroxylation sites is 1. The van der Waals surface area contributed by atoms with Crippen molar-refractivity contribution in [2.75, 3.05) is 18.1 Å². The minimum absolute atomic E-state index is 0.0842. The first-order valence-corrected chi connectivity index (χ1v) is 10.7. The highest BCUT2D eigenvalue weighted by Crippen LogP contribution is 2.32. The van der Waals surface area contributed by atoms with Gasteiger partial charge >= 0.3 is 0 Å². The second-order valence-electron chi connectivity index (χ2n) is 7.66. The Labute approximate surface area is 170 Å². The number of hydrogen-bond donors (Lipinski definition) is 0. The van der Waals surface area contributed by atoms with Gasteiger partial charge in [0, 0.05) is 6.61 Å². The second kappa shape index (κ2) is 8.02. The standard InChI is InChI=1S/C23H26N2O2S/c1-15-9-10-16(2)18(12-15)13-21(26)25(14-19-7-5-11-27-19)23-24-22-17(3)6-4-8-20(22)28-23/h4,6,8-10,12,19H,5,7,11,13-14H2,1-3H3. The van der Waals surface area contributed by atoms with E-state index in [4.69, 9.17) is 9.72 Å². The largest absolute Gasteiger partial charge is 0.376 e. The van der Waals surface area contributed by atoms with Gasteiger partial charge in [0.1, 0.15) is 0 Å². The van der Waals surface area contributed by atoms with E-state index in [9.17, 15) is 4.79 Å². The van der Waals surface area contributed by atoms with E-state index in [-0.39, 0.29) is 12.0 Å². The third-order valence-electron chi connectivity index (χ3n) is 5.40. The molecule has 2 heterocycles. The van der Waals surface area contributed by atoms with Crippen LogP contribution in [0.5, 0.6) is 0 Å². The third-order valence-corrected chi connectivity index (χ3v) is 6.44. The number of amides is 1. The number of nitrogens with zero attached hydrogens (tertiary/aromatic N) is 2. The fourth-order valence-electron chi connectivity index (χ4n) is 3.72. The Balaban J connectivity index is 1.66. The van der Waals surface area contributed by atoms with Crippen molar-refractivity contribution >= 4 is 32.6 Å². The molecule has 0 radical (unpaired) electrons. The zero-order valence-electron chi connectivity index (χ0n) is 16.7. The molecule has 3 aromatic rings. The maximum absolute atomic E-state index is 13.4. The zero-order valence-corrected chi connectivity index (χ0v) is 17.5. The average Bonchev–Trinajstić information content (AvgIpc) is 3.32. The number of anilines is 1. The number of thiazole rings is 1. The van der Waals surface area contributed by atoms with E-state index in [1.807, 2.05) is 11.0 Å². The van der Waals surface area contributed by atoms with Crippen LogP contribution in [0.25, 0.3) is 10.2 Å². The molecule has 1 unspecified atom stereocenters. The average molecular weight is 395 g/mol. The van der Waals surface area contributed by atoms with Gasteiger partial charge in [0.15, 0.2) is 5.13 Å². The summed E-state index contributed by atoms with van der Waals surface area (Å²) in [4.78, 5) is 20.0. The summed E-state index contributed by atoms with van der Waals surface area (Å²) >= 11 is 1.59. The predicted octanol–water partition coefficient (Wildman–Crippen LogP) is 4.98. The maximum atomic E-state index is 13.4. The van der Waals surface area contributed by atoms with Gasteiger partial charge in [0.25, 0.3) is 0 Å². The van der Waals surface area contributed by atoms with E-state index in [1.165, 1.54) is 5.56 Å². The van der Waals surface area contributed by atoms with Gasteiger partial charge in [-0.1, -0.05) is 47.2 Å². The van der Waals surface area contributed by atoms with E-state index >= 15 is 0 Å². The number of hydrogen-bond acceptors (Lipinski definition) is 4. The molecule has 4 nitrogen and oxygen atoms in total. The minimum atomic E-state index is 0.0842. The Bertz CT molecular complexity index is 1010. The number of aromatic nitrogens is 1. The van der Waals surface area contributed by atoms with Gasteiger partial charge in [-0.3, -0.25) is 9.69 Å². The summed E-state index contributed by atoms with van der Waals surface area (Å²) < 4.78 is 6.95. The summed E-state index contributed by atoms with van der Waals surface area (Å²) in [6.07, 6.45) is 2.53. The molecule has 146 valence electrons. The molecule has 1 aliphatic rings. The third kappa shape index (κ3) is 3.96. The molecule has 0 aliphatic carbocycles. The van der Waals surface area contributed by atoms with Crippen LogP contribution in [-0.4, -0.2) is 30.1 Å². The van der Waals surface area contributed by atoms with E-state index in [0.29, 0.717) is 13.0 Å². The number of benzene rings is 2. The van der Waals surface area contributed by atoms with Crippen LogP contribution >= 0.6 is 11.3 Å². The predicted molar refractivity (Wildman–Crippen MR) is 115 cm³/mol. The van der Waals surface area contributed by atoms with Crippen molar-refractivity contribution in [1.29, 1.82) is 0 Å². The van der Waals surface area contributed by atoms with Crippen molar-refractivity contribution < 1.29 is 9.53 Å². The molecular weight excluding hydrogens is 368 g/mol. The molecule has 4 rings (SSSR count). The Morgan fingerprint density at radius 1 is 1.21 bits per heavy atom. The molecule has 28 heavy (non-hydrogen) atoms. The lowest BCUT2D eigenvalue weighted by molar-refractivity contribution is -0.118. The summed E-state index contributed by atoms with van der Waals surface area (Å²) in [5, 5.41) is 0.773. The van der Waals surface area contributed by atoms with Crippen LogP contribution in [0.2, 0.25) is 0 Å². The van der Waals surface area contributed by atoms with Crippen molar-refractivity contribution in [2.24, 2.45) is 0 Å². The van der Waals surface area contributed by atoms with Crippen molar-refractivity contribution in [1.82, 2.24) is 4.98 Å². The molecule has 5 heteroatoms. The second-order valence-corrected chi connectivity index (χ2v) is 8.67. The lowest BCUT2D eigenvalue weighted by atomic mass is 10.0. The molecule has 0 spiro atoms. The molecule has 1 fully saturated rings. The van der Waals surface area contributed by atoms with Gasteiger partial charge in [-0.15, -0.1) is 0 Å². The number of carbonyl (C=O) groups excluding carboxylic acids is 1. The first-order chi connectivity index (χ1) is 13.5. The summed E-state index contributed by atoms with van der Waals surface area (Å²) in [6, 6.07) is 12.5. The number of rotatable bonds is 5. The quantitative estimate of drug-likeness (QED) is 0.613. The Morgan fingerprint density at radius 3 is 2.82 bits per heavy atom.